The van der Waals surface area contributed by atoms with Crippen molar-refractivity contribution in [3.05, 3.63) is 33.1 Å². The van der Waals surface area contributed by atoms with Crippen LogP contribution in [-0.2, 0) is 0 Å². The summed E-state index contributed by atoms with van der Waals surface area (Å²) in [5.74, 6) is -0.267. The molecule has 3 rings (SSSR count). The third kappa shape index (κ3) is 1.28. The number of fused-ring (bicyclic) bond motifs is 1. The van der Waals surface area contributed by atoms with Gasteiger partial charge in [-0.2, -0.15) is 0 Å². The minimum atomic E-state index is -1.61. The number of nitrogens with one attached hydrogen (secondary N) is 1. The Morgan fingerprint density at radius 3 is 2.83 bits per heavy atom. The molecule has 0 aliphatic heterocycles. The van der Waals surface area contributed by atoms with Gasteiger partial charge in [-0.3, -0.25) is 14.3 Å². The smallest absolute Gasteiger partial charge is 0.328 e. The second kappa shape index (κ2) is 3.52. The van der Waals surface area contributed by atoms with E-state index in [1.807, 2.05) is 0 Å². The lowest BCUT2D eigenvalue weighted by Gasteiger charge is -2.21. The normalized spacial score (nSPS) is 41.7. The summed E-state index contributed by atoms with van der Waals surface area (Å²) in [6, 6.07) is 0.318. The van der Waals surface area contributed by atoms with E-state index in [-0.39, 0.29) is 12.5 Å². The maximum absolute atomic E-state index is 14.0. The molecule has 0 aromatic carbocycles. The van der Waals surface area contributed by atoms with Crippen LogP contribution in [0.2, 0.25) is 0 Å². The summed E-state index contributed by atoms with van der Waals surface area (Å²) >= 11 is 0. The highest BCUT2D eigenvalue weighted by Gasteiger charge is 2.72. The van der Waals surface area contributed by atoms with E-state index < -0.39 is 35.0 Å². The molecule has 1 aromatic heterocycles. The van der Waals surface area contributed by atoms with Gasteiger partial charge in [0.25, 0.3) is 5.56 Å². The van der Waals surface area contributed by atoms with E-state index >= 15 is 0 Å². The Balaban J connectivity index is 2.04. The first kappa shape index (κ1) is 11.6. The molecule has 0 saturated heterocycles. The van der Waals surface area contributed by atoms with E-state index in [2.05, 4.69) is 4.98 Å². The summed E-state index contributed by atoms with van der Waals surface area (Å²) in [4.78, 5) is 24.7. The van der Waals surface area contributed by atoms with Crippen molar-refractivity contribution in [3.63, 3.8) is 0 Å². The third-order valence-corrected chi connectivity index (χ3v) is 4.27. The van der Waals surface area contributed by atoms with Crippen molar-refractivity contribution in [2.24, 2.45) is 11.3 Å². The van der Waals surface area contributed by atoms with Crippen LogP contribution in [0.15, 0.2) is 21.9 Å². The number of halogens is 1. The lowest BCUT2D eigenvalue weighted by Crippen LogP contribution is -2.38. The number of nitrogens with zero attached hydrogens (tertiary/aromatic N) is 1. The molecule has 0 radical (unpaired) electrons. The molecular weight excluding hydrogens is 243 g/mol. The molecule has 5 atom stereocenters. The number of aromatic nitrogens is 2. The fourth-order valence-corrected chi connectivity index (χ4v) is 3.16. The number of alkyl halides is 1. The molecular formula is C11H13FN2O4. The Bertz CT molecular complexity index is 597. The van der Waals surface area contributed by atoms with Gasteiger partial charge in [-0.1, -0.05) is 0 Å². The van der Waals surface area contributed by atoms with E-state index in [9.17, 15) is 24.2 Å². The van der Waals surface area contributed by atoms with Crippen LogP contribution in [0.25, 0.3) is 0 Å². The largest absolute Gasteiger partial charge is 0.396 e. The third-order valence-electron chi connectivity index (χ3n) is 4.27. The van der Waals surface area contributed by atoms with Crippen LogP contribution in [0.3, 0.4) is 0 Å². The highest BCUT2D eigenvalue weighted by molar-refractivity contribution is 5.20. The average molecular weight is 256 g/mol. The molecule has 7 heteroatoms. The van der Waals surface area contributed by atoms with Crippen LogP contribution in [0, 0.1) is 11.3 Å². The molecule has 2 saturated carbocycles. The fraction of sp³-hybridized carbons (Fsp3) is 0.636. The van der Waals surface area contributed by atoms with Gasteiger partial charge < -0.3 is 10.2 Å². The van der Waals surface area contributed by atoms with Gasteiger partial charge in [-0.05, 0) is 12.3 Å². The second-order valence-corrected chi connectivity index (χ2v) is 5.10. The molecule has 0 spiro atoms. The Morgan fingerprint density at radius 2 is 2.28 bits per heavy atom. The standard InChI is InChI=1S/C11H13FN2O4/c12-7-8(5-3-11(5,4-15)9(7)17)14-2-1-6(16)13-10(14)18/h1-2,5,7-9,15,17H,3-4H2,(H,13,16,18)/t5-,7+,8-,9+,11+/m1/s1. The number of aromatic amines is 1. The second-order valence-electron chi connectivity index (χ2n) is 5.10. The van der Waals surface area contributed by atoms with Gasteiger partial charge >= 0.3 is 5.69 Å². The highest BCUT2D eigenvalue weighted by atomic mass is 19.1. The first-order valence-electron chi connectivity index (χ1n) is 5.76. The lowest BCUT2D eigenvalue weighted by molar-refractivity contribution is 0.00891. The quantitative estimate of drug-likeness (QED) is 0.618. The van der Waals surface area contributed by atoms with Crippen molar-refractivity contribution in [2.45, 2.75) is 24.7 Å². The predicted molar refractivity (Wildman–Crippen MR) is 58.9 cm³/mol. The summed E-state index contributed by atoms with van der Waals surface area (Å²) in [7, 11) is 0. The molecule has 98 valence electrons. The van der Waals surface area contributed by atoms with Crippen LogP contribution in [-0.4, -0.2) is 38.6 Å². The van der Waals surface area contributed by atoms with Crippen molar-refractivity contribution in [3.8, 4) is 0 Å². The van der Waals surface area contributed by atoms with Crippen LogP contribution < -0.4 is 11.2 Å². The van der Waals surface area contributed by atoms with Gasteiger partial charge in [-0.15, -0.1) is 0 Å². The van der Waals surface area contributed by atoms with Crippen LogP contribution >= 0.6 is 0 Å². The molecule has 0 amide bonds. The number of rotatable bonds is 2. The zero-order valence-electron chi connectivity index (χ0n) is 9.41. The summed E-state index contributed by atoms with van der Waals surface area (Å²) in [6.07, 6.45) is -1.16. The zero-order chi connectivity index (χ0) is 13.1. The Kier molecular flexibility index (Phi) is 2.27. The molecule has 2 aliphatic rings. The number of hydrogen-bond acceptors (Lipinski definition) is 4. The number of aliphatic hydroxyl groups excluding tert-OH is 2. The number of hydrogen-bond donors (Lipinski definition) is 3. The van der Waals surface area contributed by atoms with E-state index in [1.165, 1.54) is 6.20 Å². The Morgan fingerprint density at radius 1 is 1.56 bits per heavy atom. The average Bonchev–Trinajstić information content (AvgIpc) is 3.02. The van der Waals surface area contributed by atoms with E-state index in [1.54, 1.807) is 0 Å². The van der Waals surface area contributed by atoms with Crippen LogP contribution in [0.5, 0.6) is 0 Å². The molecule has 2 fully saturated rings. The highest BCUT2D eigenvalue weighted by Crippen LogP contribution is 2.67. The number of H-pyrrole nitrogens is 1. The summed E-state index contributed by atoms with van der Waals surface area (Å²) in [5, 5.41) is 19.1. The predicted octanol–water partition coefficient (Wildman–Crippen LogP) is -1.21. The molecule has 1 aromatic rings. The topological polar surface area (TPSA) is 95.3 Å². The first-order chi connectivity index (χ1) is 8.51. The fourth-order valence-electron chi connectivity index (χ4n) is 3.16. The van der Waals surface area contributed by atoms with Crippen molar-refractivity contribution in [1.29, 1.82) is 0 Å². The molecule has 18 heavy (non-hydrogen) atoms. The van der Waals surface area contributed by atoms with E-state index in [0.717, 1.165) is 10.6 Å². The van der Waals surface area contributed by atoms with Gasteiger partial charge in [0.15, 0.2) is 0 Å². The zero-order valence-corrected chi connectivity index (χ0v) is 9.41. The van der Waals surface area contributed by atoms with Gasteiger partial charge in [-0.25, -0.2) is 9.18 Å². The number of aliphatic hydroxyl groups is 2. The van der Waals surface area contributed by atoms with Gasteiger partial charge in [0.05, 0.1) is 18.8 Å². The van der Waals surface area contributed by atoms with Crippen molar-refractivity contribution >= 4 is 0 Å². The van der Waals surface area contributed by atoms with E-state index in [4.69, 9.17) is 0 Å². The van der Waals surface area contributed by atoms with Gasteiger partial charge in [0.1, 0.15) is 6.17 Å². The minimum absolute atomic E-state index is 0.267. The minimum Gasteiger partial charge on any atom is -0.396 e. The first-order valence-corrected chi connectivity index (χ1v) is 5.76. The van der Waals surface area contributed by atoms with Crippen molar-refractivity contribution in [1.82, 2.24) is 9.55 Å². The summed E-state index contributed by atoms with van der Waals surface area (Å²) < 4.78 is 15.1. The van der Waals surface area contributed by atoms with Crippen LogP contribution in [0.1, 0.15) is 12.5 Å². The molecule has 6 nitrogen and oxygen atoms in total. The maximum Gasteiger partial charge on any atom is 0.328 e. The van der Waals surface area contributed by atoms with E-state index in [0.29, 0.717) is 6.42 Å². The summed E-state index contributed by atoms with van der Waals surface area (Å²) in [5.41, 5.74) is -2.06. The molecule has 0 bridgehead atoms. The molecule has 1 heterocycles. The SMILES string of the molecule is O=c1ccn([C@H]2[C@H](F)[C@H](O)[C@]3(CO)C[C@H]23)c(=O)[nH]1. The molecule has 0 unspecified atom stereocenters. The Hall–Kier alpha value is -1.47. The van der Waals surface area contributed by atoms with Crippen LogP contribution in [0.4, 0.5) is 4.39 Å². The lowest BCUT2D eigenvalue weighted by atomic mass is 10.0. The molecule has 3 N–H and O–H groups in total. The monoisotopic (exact) mass is 256 g/mol. The van der Waals surface area contributed by atoms with Gasteiger partial charge in [0.2, 0.25) is 0 Å². The van der Waals surface area contributed by atoms with Crippen molar-refractivity contribution < 1.29 is 14.6 Å². The maximum atomic E-state index is 14.0. The van der Waals surface area contributed by atoms with Crippen molar-refractivity contribution in [2.75, 3.05) is 6.61 Å². The molecule has 2 aliphatic carbocycles. The summed E-state index contributed by atoms with van der Waals surface area (Å²) in [6.45, 7) is -0.298. The van der Waals surface area contributed by atoms with Gasteiger partial charge in [0, 0.05) is 17.7 Å². The Labute approximate surface area is 101 Å².